The number of rotatable bonds is 1. The molecule has 0 unspecified atom stereocenters. The Bertz CT molecular complexity index is 380. The smallest absolute Gasteiger partial charge is 0.323 e. The van der Waals surface area contributed by atoms with Crippen molar-refractivity contribution in [1.29, 1.82) is 0 Å². The number of amides is 2. The highest BCUT2D eigenvalue weighted by Crippen LogP contribution is 2.25. The summed E-state index contributed by atoms with van der Waals surface area (Å²) in [6.07, 6.45) is 0. The van der Waals surface area contributed by atoms with E-state index in [1.165, 1.54) is 0 Å². The molecule has 4 nitrogen and oxygen atoms in total. The van der Waals surface area contributed by atoms with E-state index in [1.54, 1.807) is 4.90 Å². The molecule has 1 saturated heterocycles. The number of aryl methyl sites for hydroxylation is 1. The third-order valence-electron chi connectivity index (χ3n) is 2.08. The van der Waals surface area contributed by atoms with Gasteiger partial charge in [0.05, 0.1) is 4.47 Å². The van der Waals surface area contributed by atoms with Gasteiger partial charge in [-0.2, -0.15) is 0 Å². The molecule has 14 heavy (non-hydrogen) atoms. The lowest BCUT2D eigenvalue weighted by Crippen LogP contribution is -2.28. The van der Waals surface area contributed by atoms with E-state index in [4.69, 9.17) is 0 Å². The zero-order chi connectivity index (χ0) is 10.1. The molecular formula is C9H10BrN3O. The molecule has 1 aromatic heterocycles. The van der Waals surface area contributed by atoms with E-state index in [9.17, 15) is 4.79 Å². The molecule has 1 aliphatic rings. The van der Waals surface area contributed by atoms with Crippen molar-refractivity contribution in [3.05, 3.63) is 22.3 Å². The molecule has 0 bridgehead atoms. The van der Waals surface area contributed by atoms with Crippen molar-refractivity contribution < 1.29 is 4.79 Å². The second kappa shape index (κ2) is 3.57. The summed E-state index contributed by atoms with van der Waals surface area (Å²) in [4.78, 5) is 17.4. The minimum atomic E-state index is -0.0798. The van der Waals surface area contributed by atoms with E-state index >= 15 is 0 Å². The largest absolute Gasteiger partial charge is 0.336 e. The lowest BCUT2D eigenvalue weighted by molar-refractivity contribution is 0.252. The van der Waals surface area contributed by atoms with Crippen LogP contribution < -0.4 is 10.2 Å². The van der Waals surface area contributed by atoms with Crippen LogP contribution in [-0.4, -0.2) is 24.1 Å². The fraction of sp³-hybridized carbons (Fsp3) is 0.333. The van der Waals surface area contributed by atoms with Crippen LogP contribution in [0, 0.1) is 6.92 Å². The highest BCUT2D eigenvalue weighted by atomic mass is 79.9. The zero-order valence-electron chi connectivity index (χ0n) is 7.75. The van der Waals surface area contributed by atoms with Gasteiger partial charge in [0.25, 0.3) is 0 Å². The van der Waals surface area contributed by atoms with Crippen LogP contribution in [0.3, 0.4) is 0 Å². The molecule has 2 rings (SSSR count). The number of carbonyl (C=O) groups excluding carboxylic acids is 1. The lowest BCUT2D eigenvalue weighted by Gasteiger charge is -2.14. The van der Waals surface area contributed by atoms with Gasteiger partial charge in [-0.15, -0.1) is 0 Å². The monoisotopic (exact) mass is 255 g/mol. The number of halogens is 1. The summed E-state index contributed by atoms with van der Waals surface area (Å²) in [6, 6.07) is 3.73. The first kappa shape index (κ1) is 9.45. The number of hydrogen-bond acceptors (Lipinski definition) is 2. The molecule has 1 fully saturated rings. The van der Waals surface area contributed by atoms with Crippen LogP contribution >= 0.6 is 15.9 Å². The molecule has 1 aliphatic heterocycles. The van der Waals surface area contributed by atoms with E-state index < -0.39 is 0 Å². The van der Waals surface area contributed by atoms with Gasteiger partial charge in [0, 0.05) is 18.8 Å². The molecular weight excluding hydrogens is 246 g/mol. The van der Waals surface area contributed by atoms with Gasteiger partial charge >= 0.3 is 6.03 Å². The molecule has 1 N–H and O–H groups in total. The average molecular weight is 256 g/mol. The third kappa shape index (κ3) is 1.59. The Hall–Kier alpha value is -1.10. The maximum absolute atomic E-state index is 11.4. The molecule has 2 heterocycles. The Morgan fingerprint density at radius 1 is 1.57 bits per heavy atom. The van der Waals surface area contributed by atoms with Gasteiger partial charge in [-0.3, -0.25) is 4.90 Å². The van der Waals surface area contributed by atoms with Gasteiger partial charge in [0.15, 0.2) is 5.82 Å². The Labute approximate surface area is 90.4 Å². The highest BCUT2D eigenvalue weighted by molar-refractivity contribution is 9.10. The number of hydrogen-bond donors (Lipinski definition) is 1. The standard InChI is InChI=1S/C9H10BrN3O/c1-6-2-3-7(10)8(12-6)13-5-4-11-9(13)14/h2-3H,4-5H2,1H3,(H,11,14). The van der Waals surface area contributed by atoms with Crippen LogP contribution in [-0.2, 0) is 0 Å². The van der Waals surface area contributed by atoms with Gasteiger partial charge in [0.1, 0.15) is 0 Å². The number of pyridine rings is 1. The van der Waals surface area contributed by atoms with Crippen molar-refractivity contribution in [2.75, 3.05) is 18.0 Å². The van der Waals surface area contributed by atoms with Crippen molar-refractivity contribution in [2.24, 2.45) is 0 Å². The van der Waals surface area contributed by atoms with E-state index in [-0.39, 0.29) is 6.03 Å². The van der Waals surface area contributed by atoms with Crippen LogP contribution in [0.4, 0.5) is 10.6 Å². The van der Waals surface area contributed by atoms with Crippen molar-refractivity contribution in [1.82, 2.24) is 10.3 Å². The average Bonchev–Trinajstić information content (AvgIpc) is 2.56. The van der Waals surface area contributed by atoms with Gasteiger partial charge in [0.2, 0.25) is 0 Å². The van der Waals surface area contributed by atoms with Crippen LogP contribution in [0.5, 0.6) is 0 Å². The predicted molar refractivity (Wildman–Crippen MR) is 57.4 cm³/mol. The maximum atomic E-state index is 11.4. The normalized spacial score (nSPS) is 15.9. The summed E-state index contributed by atoms with van der Waals surface area (Å²) in [5.74, 6) is 0.694. The van der Waals surface area contributed by atoms with E-state index in [1.807, 2.05) is 19.1 Å². The van der Waals surface area contributed by atoms with Crippen molar-refractivity contribution >= 4 is 27.8 Å². The minimum Gasteiger partial charge on any atom is -0.336 e. The second-order valence-corrected chi connectivity index (χ2v) is 4.00. The van der Waals surface area contributed by atoms with Crippen LogP contribution in [0.2, 0.25) is 0 Å². The quantitative estimate of drug-likeness (QED) is 0.830. The first-order valence-electron chi connectivity index (χ1n) is 4.37. The Kier molecular flexibility index (Phi) is 2.41. The number of aromatic nitrogens is 1. The second-order valence-electron chi connectivity index (χ2n) is 3.14. The minimum absolute atomic E-state index is 0.0798. The molecule has 0 radical (unpaired) electrons. The number of carbonyl (C=O) groups is 1. The first-order valence-corrected chi connectivity index (χ1v) is 5.16. The summed E-state index contributed by atoms with van der Waals surface area (Å²) >= 11 is 3.38. The summed E-state index contributed by atoms with van der Waals surface area (Å²) in [6.45, 7) is 3.26. The topological polar surface area (TPSA) is 45.2 Å². The summed E-state index contributed by atoms with van der Waals surface area (Å²) < 4.78 is 0.847. The Morgan fingerprint density at radius 3 is 3.00 bits per heavy atom. The zero-order valence-corrected chi connectivity index (χ0v) is 9.34. The Morgan fingerprint density at radius 2 is 2.36 bits per heavy atom. The Balaban J connectivity index is 2.39. The van der Waals surface area contributed by atoms with Crippen LogP contribution in [0.15, 0.2) is 16.6 Å². The van der Waals surface area contributed by atoms with Crippen molar-refractivity contribution in [3.63, 3.8) is 0 Å². The van der Waals surface area contributed by atoms with E-state index in [0.717, 1.165) is 10.2 Å². The summed E-state index contributed by atoms with van der Waals surface area (Å²) in [5.41, 5.74) is 0.905. The van der Waals surface area contributed by atoms with Crippen LogP contribution in [0.25, 0.3) is 0 Å². The molecule has 2 amide bonds. The van der Waals surface area contributed by atoms with Gasteiger partial charge < -0.3 is 5.32 Å². The number of urea groups is 1. The number of nitrogens with zero attached hydrogens (tertiary/aromatic N) is 2. The molecule has 1 aromatic rings. The molecule has 0 saturated carbocycles. The SMILES string of the molecule is Cc1ccc(Br)c(N2CCNC2=O)n1. The molecule has 0 aromatic carbocycles. The fourth-order valence-electron chi connectivity index (χ4n) is 1.39. The van der Waals surface area contributed by atoms with Gasteiger partial charge in [-0.05, 0) is 35.0 Å². The molecule has 0 aliphatic carbocycles. The summed E-state index contributed by atoms with van der Waals surface area (Å²) in [5, 5.41) is 2.74. The first-order chi connectivity index (χ1) is 6.68. The van der Waals surface area contributed by atoms with E-state index in [2.05, 4.69) is 26.2 Å². The predicted octanol–water partition coefficient (Wildman–Crippen LogP) is 1.68. The fourth-order valence-corrected chi connectivity index (χ4v) is 1.82. The molecule has 0 atom stereocenters. The van der Waals surface area contributed by atoms with E-state index in [0.29, 0.717) is 18.9 Å². The van der Waals surface area contributed by atoms with Crippen LogP contribution in [0.1, 0.15) is 5.69 Å². The van der Waals surface area contributed by atoms with Crippen molar-refractivity contribution in [3.8, 4) is 0 Å². The number of anilines is 1. The maximum Gasteiger partial charge on any atom is 0.323 e. The molecule has 5 heteroatoms. The lowest BCUT2D eigenvalue weighted by atomic mass is 10.3. The highest BCUT2D eigenvalue weighted by Gasteiger charge is 2.23. The van der Waals surface area contributed by atoms with Gasteiger partial charge in [-0.1, -0.05) is 0 Å². The third-order valence-corrected chi connectivity index (χ3v) is 2.70. The number of nitrogens with one attached hydrogen (secondary N) is 1. The molecule has 74 valence electrons. The van der Waals surface area contributed by atoms with Gasteiger partial charge in [-0.25, -0.2) is 9.78 Å². The van der Waals surface area contributed by atoms with Crippen molar-refractivity contribution in [2.45, 2.75) is 6.92 Å². The summed E-state index contributed by atoms with van der Waals surface area (Å²) in [7, 11) is 0. The molecule has 0 spiro atoms.